The summed E-state index contributed by atoms with van der Waals surface area (Å²) in [4.78, 5) is 12.3. The summed E-state index contributed by atoms with van der Waals surface area (Å²) < 4.78 is 0. The molecule has 1 rings (SSSR count). The number of thioether (sulfide) groups is 1. The average Bonchev–Trinajstić information content (AvgIpc) is 2.29. The molecule has 16 heavy (non-hydrogen) atoms. The van der Waals surface area contributed by atoms with E-state index in [0.29, 0.717) is 17.1 Å². The Hall–Kier alpha value is -0.910. The summed E-state index contributed by atoms with van der Waals surface area (Å²) in [5.74, 6) is 4.90. The summed E-state index contributed by atoms with van der Waals surface area (Å²) in [5, 5.41) is 0.276. The van der Waals surface area contributed by atoms with Crippen LogP contribution in [0.5, 0.6) is 0 Å². The van der Waals surface area contributed by atoms with E-state index < -0.39 is 0 Å². The van der Waals surface area contributed by atoms with Gasteiger partial charge in [-0.3, -0.25) is 10.2 Å². The summed E-state index contributed by atoms with van der Waals surface area (Å²) in [6.45, 7) is 1.92. The second kappa shape index (κ2) is 5.98. The molecule has 4 nitrogen and oxygen atoms in total. The quantitative estimate of drug-likeness (QED) is 0.253. The van der Waals surface area contributed by atoms with Gasteiger partial charge in [0.1, 0.15) is 0 Å². The smallest absolute Gasteiger partial charge is 0.247 e. The fourth-order valence-electron chi connectivity index (χ4n) is 1.16. The lowest BCUT2D eigenvalue weighted by molar-refractivity contribution is -0.120. The monoisotopic (exact) mass is 259 g/mol. The second-order valence-corrected chi connectivity index (χ2v) is 4.89. The van der Waals surface area contributed by atoms with Gasteiger partial charge in [0.15, 0.2) is 0 Å². The molecule has 0 saturated carbocycles. The minimum absolute atomic E-state index is 0.194. The molecule has 1 atom stereocenters. The Morgan fingerprint density at radius 3 is 2.81 bits per heavy atom. The number of carbonyl (C=O) groups excluding carboxylic acids is 1. The normalized spacial score (nSPS) is 12.2. The van der Waals surface area contributed by atoms with Crippen molar-refractivity contribution in [3.8, 4) is 0 Å². The van der Waals surface area contributed by atoms with Crippen LogP contribution in [0.3, 0.4) is 0 Å². The van der Waals surface area contributed by atoms with E-state index in [9.17, 15) is 4.79 Å². The van der Waals surface area contributed by atoms with Gasteiger partial charge in [0.05, 0.1) is 16.0 Å². The molecule has 0 aromatic heterocycles. The van der Waals surface area contributed by atoms with Gasteiger partial charge < -0.3 is 5.73 Å². The van der Waals surface area contributed by atoms with Crippen molar-refractivity contribution in [2.45, 2.75) is 23.5 Å². The van der Waals surface area contributed by atoms with E-state index >= 15 is 0 Å². The Morgan fingerprint density at radius 2 is 2.31 bits per heavy atom. The third kappa shape index (κ3) is 3.30. The highest BCUT2D eigenvalue weighted by Crippen LogP contribution is 2.30. The van der Waals surface area contributed by atoms with Crippen molar-refractivity contribution >= 4 is 35.0 Å². The van der Waals surface area contributed by atoms with E-state index in [1.807, 2.05) is 13.0 Å². The van der Waals surface area contributed by atoms with E-state index in [0.717, 1.165) is 4.90 Å². The first-order chi connectivity index (χ1) is 7.58. The molecule has 0 heterocycles. The fraction of sp³-hybridized carbons (Fsp3) is 0.300. The Kier molecular flexibility index (Phi) is 4.92. The van der Waals surface area contributed by atoms with Crippen molar-refractivity contribution in [1.29, 1.82) is 0 Å². The number of amides is 1. The molecule has 0 bridgehead atoms. The Morgan fingerprint density at radius 1 is 1.62 bits per heavy atom. The molecule has 0 aliphatic carbocycles. The van der Waals surface area contributed by atoms with Gasteiger partial charge in [-0.25, -0.2) is 5.84 Å². The maximum atomic E-state index is 11.4. The van der Waals surface area contributed by atoms with Crippen LogP contribution >= 0.6 is 23.4 Å². The molecule has 88 valence electrons. The second-order valence-electron chi connectivity index (χ2n) is 3.21. The number of rotatable bonds is 4. The van der Waals surface area contributed by atoms with Crippen LogP contribution in [0.4, 0.5) is 5.69 Å². The Labute approximate surface area is 104 Å². The summed E-state index contributed by atoms with van der Waals surface area (Å²) in [6.07, 6.45) is 0.690. The van der Waals surface area contributed by atoms with Gasteiger partial charge in [0.2, 0.25) is 5.91 Å². The Balaban J connectivity index is 2.78. The lowest BCUT2D eigenvalue weighted by Crippen LogP contribution is -2.37. The number of nitrogens with two attached hydrogens (primary N) is 2. The van der Waals surface area contributed by atoms with Gasteiger partial charge in [0.25, 0.3) is 0 Å². The molecule has 0 fully saturated rings. The molecule has 6 heteroatoms. The van der Waals surface area contributed by atoms with Crippen molar-refractivity contribution in [2.75, 3.05) is 5.73 Å². The number of hydrogen-bond acceptors (Lipinski definition) is 4. The largest absolute Gasteiger partial charge is 0.398 e. The van der Waals surface area contributed by atoms with Gasteiger partial charge in [0, 0.05) is 4.90 Å². The standard InChI is InChI=1S/C10H14ClN3OS/c1-2-9(10(15)14-13)16-6-3-4-8(12)7(11)5-6/h3-5,9H,2,12-13H2,1H3,(H,14,15). The van der Waals surface area contributed by atoms with E-state index in [-0.39, 0.29) is 11.2 Å². The molecule has 1 amide bonds. The van der Waals surface area contributed by atoms with Crippen LogP contribution < -0.4 is 17.0 Å². The van der Waals surface area contributed by atoms with Crippen LogP contribution in [-0.2, 0) is 4.79 Å². The van der Waals surface area contributed by atoms with Gasteiger partial charge in [-0.05, 0) is 24.6 Å². The van der Waals surface area contributed by atoms with E-state index in [2.05, 4.69) is 5.43 Å². The van der Waals surface area contributed by atoms with Crippen LogP contribution in [0.15, 0.2) is 23.1 Å². The molecule has 1 aromatic rings. The number of anilines is 1. The SMILES string of the molecule is CCC(Sc1ccc(N)c(Cl)c1)C(=O)NN. The molecule has 0 saturated heterocycles. The predicted molar refractivity (Wildman–Crippen MR) is 68.1 cm³/mol. The predicted octanol–water partition coefficient (Wildman–Crippen LogP) is 1.78. The molecule has 5 N–H and O–H groups in total. The lowest BCUT2D eigenvalue weighted by atomic mass is 10.3. The highest BCUT2D eigenvalue weighted by atomic mass is 35.5. The van der Waals surface area contributed by atoms with Crippen molar-refractivity contribution in [2.24, 2.45) is 5.84 Å². The van der Waals surface area contributed by atoms with Crippen molar-refractivity contribution < 1.29 is 4.79 Å². The topological polar surface area (TPSA) is 81.1 Å². The van der Waals surface area contributed by atoms with E-state index in [1.54, 1.807) is 12.1 Å². The van der Waals surface area contributed by atoms with E-state index in [4.69, 9.17) is 23.2 Å². The van der Waals surface area contributed by atoms with Crippen LogP contribution in [0.1, 0.15) is 13.3 Å². The molecular formula is C10H14ClN3OS. The van der Waals surface area contributed by atoms with Gasteiger partial charge >= 0.3 is 0 Å². The number of carbonyl (C=O) groups is 1. The molecule has 0 aliphatic rings. The maximum absolute atomic E-state index is 11.4. The van der Waals surface area contributed by atoms with Crippen LogP contribution in [0.2, 0.25) is 5.02 Å². The third-order valence-corrected chi connectivity index (χ3v) is 3.74. The molecule has 1 unspecified atom stereocenters. The number of hydrogen-bond donors (Lipinski definition) is 3. The van der Waals surface area contributed by atoms with Crippen LogP contribution in [0.25, 0.3) is 0 Å². The van der Waals surface area contributed by atoms with Crippen molar-refractivity contribution in [3.63, 3.8) is 0 Å². The maximum Gasteiger partial charge on any atom is 0.247 e. The van der Waals surface area contributed by atoms with Crippen LogP contribution in [-0.4, -0.2) is 11.2 Å². The summed E-state index contributed by atoms with van der Waals surface area (Å²) in [6, 6.07) is 5.30. The molecular weight excluding hydrogens is 246 g/mol. The number of halogens is 1. The first-order valence-electron chi connectivity index (χ1n) is 4.80. The first kappa shape index (κ1) is 13.2. The zero-order chi connectivity index (χ0) is 12.1. The zero-order valence-corrected chi connectivity index (χ0v) is 10.4. The number of benzene rings is 1. The highest BCUT2D eigenvalue weighted by molar-refractivity contribution is 8.00. The molecule has 0 radical (unpaired) electrons. The van der Waals surface area contributed by atoms with Crippen LogP contribution in [0, 0.1) is 0 Å². The minimum Gasteiger partial charge on any atom is -0.398 e. The van der Waals surface area contributed by atoms with E-state index in [1.165, 1.54) is 11.8 Å². The third-order valence-electron chi connectivity index (χ3n) is 2.06. The number of nitrogens with one attached hydrogen (secondary N) is 1. The highest BCUT2D eigenvalue weighted by Gasteiger charge is 2.16. The first-order valence-corrected chi connectivity index (χ1v) is 6.06. The lowest BCUT2D eigenvalue weighted by Gasteiger charge is -2.12. The van der Waals surface area contributed by atoms with Crippen molar-refractivity contribution in [3.05, 3.63) is 23.2 Å². The zero-order valence-electron chi connectivity index (χ0n) is 8.87. The van der Waals surface area contributed by atoms with Crippen molar-refractivity contribution in [1.82, 2.24) is 5.43 Å². The molecule has 1 aromatic carbocycles. The number of hydrazine groups is 1. The summed E-state index contributed by atoms with van der Waals surface area (Å²) in [7, 11) is 0. The minimum atomic E-state index is -0.218. The fourth-order valence-corrected chi connectivity index (χ4v) is 2.41. The summed E-state index contributed by atoms with van der Waals surface area (Å²) >= 11 is 7.30. The van der Waals surface area contributed by atoms with Gasteiger partial charge in [-0.1, -0.05) is 18.5 Å². The Bertz CT molecular complexity index is 386. The number of nitrogen functional groups attached to an aromatic ring is 1. The van der Waals surface area contributed by atoms with Gasteiger partial charge in [-0.2, -0.15) is 0 Å². The molecule has 0 aliphatic heterocycles. The molecule has 0 spiro atoms. The summed E-state index contributed by atoms with van der Waals surface area (Å²) in [5.41, 5.74) is 8.27. The van der Waals surface area contributed by atoms with Gasteiger partial charge in [-0.15, -0.1) is 11.8 Å². The average molecular weight is 260 g/mol.